The van der Waals surface area contributed by atoms with Crippen LogP contribution in [0.2, 0.25) is 0 Å². The molecule has 2 aromatic rings. The molecule has 106 valence electrons. The molecule has 0 aliphatic carbocycles. The summed E-state index contributed by atoms with van der Waals surface area (Å²) >= 11 is 1.40. The van der Waals surface area contributed by atoms with Crippen molar-refractivity contribution >= 4 is 29.3 Å². The summed E-state index contributed by atoms with van der Waals surface area (Å²) in [5.74, 6) is 0.0801. The van der Waals surface area contributed by atoms with Crippen LogP contribution in [0.5, 0.6) is 0 Å². The lowest BCUT2D eigenvalue weighted by Crippen LogP contribution is -2.25. The van der Waals surface area contributed by atoms with Gasteiger partial charge in [-0.05, 0) is 32.2 Å². The quantitative estimate of drug-likeness (QED) is 0.842. The minimum Gasteiger partial charge on any atom is -0.368 e. The van der Waals surface area contributed by atoms with Gasteiger partial charge in [-0.1, -0.05) is 29.5 Å². The molecule has 6 nitrogen and oxygen atoms in total. The van der Waals surface area contributed by atoms with Crippen molar-refractivity contribution in [2.45, 2.75) is 25.0 Å². The Kier molecular flexibility index (Phi) is 4.29. The van der Waals surface area contributed by atoms with Crippen molar-refractivity contribution in [3.8, 4) is 0 Å². The number of nitrogens with two attached hydrogens (primary N) is 1. The Morgan fingerprint density at radius 3 is 2.60 bits per heavy atom. The number of hydrogen-bond acceptors (Lipinski definition) is 5. The molecule has 1 aromatic carbocycles. The SMILES string of the molecule is CSc1nnc(N)n1C(C)C(=O)Nc1ccc(C)cc1. The highest BCUT2D eigenvalue weighted by atomic mass is 32.2. The Labute approximate surface area is 121 Å². The van der Waals surface area contributed by atoms with Crippen molar-refractivity contribution in [3.05, 3.63) is 29.8 Å². The van der Waals surface area contributed by atoms with Gasteiger partial charge >= 0.3 is 0 Å². The minimum absolute atomic E-state index is 0.157. The first-order chi connectivity index (χ1) is 9.52. The first kappa shape index (κ1) is 14.4. The molecule has 1 heterocycles. The maximum Gasteiger partial charge on any atom is 0.247 e. The van der Waals surface area contributed by atoms with Gasteiger partial charge < -0.3 is 11.1 Å². The second-order valence-electron chi connectivity index (χ2n) is 4.45. The zero-order valence-electron chi connectivity index (χ0n) is 11.6. The second-order valence-corrected chi connectivity index (χ2v) is 5.22. The molecular weight excluding hydrogens is 274 g/mol. The molecule has 1 aromatic heterocycles. The van der Waals surface area contributed by atoms with E-state index >= 15 is 0 Å². The zero-order chi connectivity index (χ0) is 14.7. The maximum absolute atomic E-state index is 12.3. The van der Waals surface area contributed by atoms with Crippen molar-refractivity contribution in [2.24, 2.45) is 0 Å². The molecule has 7 heteroatoms. The van der Waals surface area contributed by atoms with Crippen LogP contribution < -0.4 is 11.1 Å². The predicted molar refractivity (Wildman–Crippen MR) is 80.7 cm³/mol. The van der Waals surface area contributed by atoms with Crippen LogP contribution in [0.1, 0.15) is 18.5 Å². The summed E-state index contributed by atoms with van der Waals surface area (Å²) in [5.41, 5.74) is 7.66. The predicted octanol–water partition coefficient (Wildman–Crippen LogP) is 2.09. The van der Waals surface area contributed by atoms with Crippen molar-refractivity contribution in [3.63, 3.8) is 0 Å². The summed E-state index contributed by atoms with van der Waals surface area (Å²) in [4.78, 5) is 12.3. The van der Waals surface area contributed by atoms with E-state index < -0.39 is 6.04 Å². The van der Waals surface area contributed by atoms with Crippen LogP contribution in [-0.4, -0.2) is 26.9 Å². The molecule has 1 amide bonds. The van der Waals surface area contributed by atoms with E-state index in [0.29, 0.717) is 5.16 Å². The lowest BCUT2D eigenvalue weighted by molar-refractivity contribution is -0.118. The molecule has 0 bridgehead atoms. The Morgan fingerprint density at radius 1 is 1.35 bits per heavy atom. The van der Waals surface area contributed by atoms with Gasteiger partial charge in [0.15, 0.2) is 5.16 Å². The molecule has 3 N–H and O–H groups in total. The topological polar surface area (TPSA) is 85.8 Å². The number of nitrogen functional groups attached to an aromatic ring is 1. The van der Waals surface area contributed by atoms with Crippen molar-refractivity contribution in [1.82, 2.24) is 14.8 Å². The monoisotopic (exact) mass is 291 g/mol. The number of rotatable bonds is 4. The Morgan fingerprint density at radius 2 is 2.00 bits per heavy atom. The maximum atomic E-state index is 12.3. The molecule has 2 rings (SSSR count). The summed E-state index contributed by atoms with van der Waals surface area (Å²) in [6.07, 6.45) is 1.87. The second kappa shape index (κ2) is 5.96. The Hall–Kier alpha value is -2.02. The van der Waals surface area contributed by atoms with Crippen LogP contribution >= 0.6 is 11.8 Å². The average Bonchev–Trinajstić information content (AvgIpc) is 2.81. The van der Waals surface area contributed by atoms with Gasteiger partial charge in [-0.3, -0.25) is 9.36 Å². The zero-order valence-corrected chi connectivity index (χ0v) is 12.4. The number of amides is 1. The first-order valence-corrected chi connectivity index (χ1v) is 7.37. The van der Waals surface area contributed by atoms with Gasteiger partial charge in [0.1, 0.15) is 6.04 Å². The fraction of sp³-hybridized carbons (Fsp3) is 0.308. The van der Waals surface area contributed by atoms with Crippen molar-refractivity contribution in [2.75, 3.05) is 17.3 Å². The molecule has 1 atom stereocenters. The van der Waals surface area contributed by atoms with Gasteiger partial charge in [0, 0.05) is 5.69 Å². The summed E-state index contributed by atoms with van der Waals surface area (Å²) < 4.78 is 1.62. The fourth-order valence-electron chi connectivity index (χ4n) is 1.79. The highest BCUT2D eigenvalue weighted by Gasteiger charge is 2.21. The van der Waals surface area contributed by atoms with Crippen LogP contribution in [0.15, 0.2) is 29.4 Å². The molecule has 1 unspecified atom stereocenters. The average molecular weight is 291 g/mol. The summed E-state index contributed by atoms with van der Waals surface area (Å²) in [6, 6.07) is 7.14. The van der Waals surface area contributed by atoms with Gasteiger partial charge in [-0.25, -0.2) is 0 Å². The van der Waals surface area contributed by atoms with Gasteiger partial charge in [0.2, 0.25) is 11.9 Å². The van der Waals surface area contributed by atoms with E-state index in [4.69, 9.17) is 5.73 Å². The van der Waals surface area contributed by atoms with Crippen LogP contribution in [0.25, 0.3) is 0 Å². The summed E-state index contributed by atoms with van der Waals surface area (Å²) in [5, 5.41) is 11.2. The van der Waals surface area contributed by atoms with Gasteiger partial charge in [0.25, 0.3) is 0 Å². The molecule has 0 aliphatic heterocycles. The minimum atomic E-state index is -0.478. The van der Waals surface area contributed by atoms with E-state index in [2.05, 4.69) is 15.5 Å². The molecule has 0 saturated heterocycles. The standard InChI is InChI=1S/C13H17N5OS/c1-8-4-6-10(7-5-8)15-11(19)9(2)18-12(14)16-17-13(18)20-3/h4-7,9H,1-3H3,(H2,14,16)(H,15,19). The number of carbonyl (C=O) groups excluding carboxylic acids is 1. The number of hydrogen-bond donors (Lipinski definition) is 2. The van der Waals surface area contributed by atoms with E-state index in [1.807, 2.05) is 37.4 Å². The fourth-order valence-corrected chi connectivity index (χ4v) is 2.36. The molecular formula is C13H17N5OS. The van der Waals surface area contributed by atoms with E-state index in [1.165, 1.54) is 11.8 Å². The number of nitrogens with one attached hydrogen (secondary N) is 1. The van der Waals surface area contributed by atoms with Crippen molar-refractivity contribution < 1.29 is 4.79 Å². The number of nitrogens with zero attached hydrogens (tertiary/aromatic N) is 3. The summed E-state index contributed by atoms with van der Waals surface area (Å²) in [7, 11) is 0. The highest BCUT2D eigenvalue weighted by Crippen LogP contribution is 2.22. The summed E-state index contributed by atoms with van der Waals surface area (Å²) in [6.45, 7) is 3.76. The van der Waals surface area contributed by atoms with Crippen molar-refractivity contribution in [1.29, 1.82) is 0 Å². The first-order valence-electron chi connectivity index (χ1n) is 6.15. The number of aryl methyl sites for hydroxylation is 1. The van der Waals surface area contributed by atoms with E-state index in [-0.39, 0.29) is 11.9 Å². The molecule has 0 aliphatic rings. The molecule has 20 heavy (non-hydrogen) atoms. The third kappa shape index (κ3) is 2.93. The third-order valence-corrected chi connectivity index (χ3v) is 3.60. The van der Waals surface area contributed by atoms with Gasteiger partial charge in [-0.2, -0.15) is 0 Å². The highest BCUT2D eigenvalue weighted by molar-refractivity contribution is 7.98. The third-order valence-electron chi connectivity index (χ3n) is 2.96. The molecule has 0 radical (unpaired) electrons. The van der Waals surface area contributed by atoms with E-state index in [1.54, 1.807) is 11.5 Å². The largest absolute Gasteiger partial charge is 0.368 e. The lowest BCUT2D eigenvalue weighted by atomic mass is 10.2. The number of benzene rings is 1. The smallest absolute Gasteiger partial charge is 0.247 e. The van der Waals surface area contributed by atoms with Crippen LogP contribution in [0.3, 0.4) is 0 Å². The van der Waals surface area contributed by atoms with Crippen LogP contribution in [0.4, 0.5) is 11.6 Å². The number of anilines is 2. The molecule has 0 fully saturated rings. The Bertz CT molecular complexity index is 608. The normalized spacial score (nSPS) is 12.2. The van der Waals surface area contributed by atoms with Gasteiger partial charge in [0.05, 0.1) is 0 Å². The lowest BCUT2D eigenvalue weighted by Gasteiger charge is -2.16. The number of carbonyl (C=O) groups is 1. The molecule has 0 saturated carbocycles. The number of aromatic nitrogens is 3. The van der Waals surface area contributed by atoms with Crippen LogP contribution in [0, 0.1) is 6.92 Å². The van der Waals surface area contributed by atoms with Gasteiger partial charge in [-0.15, -0.1) is 10.2 Å². The Balaban J connectivity index is 2.16. The van der Waals surface area contributed by atoms with E-state index in [9.17, 15) is 4.79 Å². The number of thioether (sulfide) groups is 1. The molecule has 0 spiro atoms. The van der Waals surface area contributed by atoms with Crippen LogP contribution in [-0.2, 0) is 4.79 Å². The van der Waals surface area contributed by atoms with E-state index in [0.717, 1.165) is 11.3 Å².